The summed E-state index contributed by atoms with van der Waals surface area (Å²) in [6.45, 7) is 9.50. The molecule has 2 aliphatic carbocycles. The number of rotatable bonds is 2. The third-order valence-corrected chi connectivity index (χ3v) is 13.4. The first kappa shape index (κ1) is 33.3. The van der Waals surface area contributed by atoms with Crippen LogP contribution in [0, 0.1) is 11.8 Å². The lowest BCUT2D eigenvalue weighted by atomic mass is 9.54. The lowest BCUT2D eigenvalue weighted by Crippen LogP contribution is -2.41. The molecule has 0 saturated heterocycles. The molecule has 5 nitrogen and oxygen atoms in total. The zero-order chi connectivity index (χ0) is 38.9. The van der Waals surface area contributed by atoms with Crippen LogP contribution in [0.1, 0.15) is 44.6 Å². The quantitative estimate of drug-likeness (QED) is 0.165. The van der Waals surface area contributed by atoms with Gasteiger partial charge >= 0.3 is 0 Å². The molecule has 0 N–H and O–H groups in total. The Balaban J connectivity index is 1.29. The fraction of sp³-hybridized carbons (Fsp3) is 0.151. The Morgan fingerprint density at radius 2 is 1.14 bits per heavy atom. The van der Waals surface area contributed by atoms with Gasteiger partial charge < -0.3 is 8.83 Å². The minimum absolute atomic E-state index is 0.0396. The predicted octanol–water partition coefficient (Wildman–Crippen LogP) is 13.4. The van der Waals surface area contributed by atoms with Crippen molar-refractivity contribution in [2.45, 2.75) is 38.5 Å². The summed E-state index contributed by atoms with van der Waals surface area (Å²) >= 11 is 0. The first-order chi connectivity index (χ1) is 28.3. The molecule has 1 aliphatic heterocycles. The van der Waals surface area contributed by atoms with Gasteiger partial charge in [-0.1, -0.05) is 141 Å². The number of fused-ring (bicyclic) bond motifs is 14. The van der Waals surface area contributed by atoms with Crippen molar-refractivity contribution in [3.8, 4) is 33.9 Å². The van der Waals surface area contributed by atoms with Crippen molar-refractivity contribution in [2.75, 3.05) is 0 Å². The Morgan fingerprint density at radius 3 is 1.93 bits per heavy atom. The minimum Gasteiger partial charge on any atom is -0.455 e. The lowest BCUT2D eigenvalue weighted by Gasteiger charge is -2.49. The van der Waals surface area contributed by atoms with Crippen LogP contribution < -0.4 is 0 Å². The molecule has 9 aromatic rings. The maximum Gasteiger partial charge on any atom is 0.167 e. The average Bonchev–Trinajstić information content (AvgIpc) is 3.84. The van der Waals surface area contributed by atoms with E-state index in [9.17, 15) is 0 Å². The van der Waals surface area contributed by atoms with E-state index in [1.54, 1.807) is 0 Å². The molecule has 0 saturated carbocycles. The van der Waals surface area contributed by atoms with E-state index in [4.69, 9.17) is 23.8 Å². The second kappa shape index (κ2) is 11.8. The number of aromatic nitrogens is 3. The number of hydrogen-bond acceptors (Lipinski definition) is 5. The fourth-order valence-corrected chi connectivity index (χ4v) is 10.6. The number of nitrogens with zero attached hydrogens (tertiary/aromatic N) is 3. The van der Waals surface area contributed by atoms with E-state index in [0.717, 1.165) is 71.7 Å². The Kier molecular flexibility index (Phi) is 6.80. The maximum absolute atomic E-state index is 7.09. The standard InChI is InChI=1S/C53H39N3O2/c1-30-25-26-52(3)34-27-40-35-19-11-12-24-43(35)57-48(40)41(28-34)38-22-13-20-36-37-21-14-23-39(47(37)58-46(36)38)50-54-49(32-15-7-5-8-16-32)55-51(56-50)42-29-53(4,33-17-9-6-10-18-33)44(30)45(52)31(42)2/h5-31H,1-4H3. The molecule has 4 unspecified atom stereocenters. The molecular weight excluding hydrogens is 711 g/mol. The van der Waals surface area contributed by atoms with Crippen molar-refractivity contribution in [2.24, 2.45) is 11.8 Å². The van der Waals surface area contributed by atoms with Gasteiger partial charge in [0.25, 0.3) is 0 Å². The lowest BCUT2D eigenvalue weighted by molar-refractivity contribution is 0.501. The van der Waals surface area contributed by atoms with Crippen LogP contribution in [-0.2, 0) is 10.8 Å². The summed E-state index contributed by atoms with van der Waals surface area (Å²) in [7, 11) is 0. The molecule has 3 aromatic heterocycles. The van der Waals surface area contributed by atoms with Crippen molar-refractivity contribution < 1.29 is 8.83 Å². The largest absolute Gasteiger partial charge is 0.455 e. The van der Waals surface area contributed by atoms with Crippen molar-refractivity contribution >= 4 is 49.5 Å². The molecular formula is C53H39N3O2. The van der Waals surface area contributed by atoms with E-state index in [2.05, 4.69) is 155 Å². The van der Waals surface area contributed by atoms with Crippen molar-refractivity contribution in [3.63, 3.8) is 0 Å². The molecule has 3 aliphatic rings. The normalized spacial score (nSPS) is 22.2. The highest BCUT2D eigenvalue weighted by Gasteiger charge is 2.48. The van der Waals surface area contributed by atoms with Crippen LogP contribution in [0.5, 0.6) is 0 Å². The first-order valence-corrected chi connectivity index (χ1v) is 20.3. The number of allylic oxidation sites excluding steroid dienone is 6. The highest BCUT2D eigenvalue weighted by Crippen LogP contribution is 2.58. The fourth-order valence-electron chi connectivity index (χ4n) is 10.6. The SMILES string of the molecule is CC1C=CC2(C)C3=C1C(C)(c1ccccc1)C=C(c1nc(-c4ccccc4)nc(n1)-c1cccc4c1oc1c(cccc14)-c1cc2cc2c1oc1ccccc12)C3C. The third kappa shape index (κ3) is 4.50. The monoisotopic (exact) mass is 749 g/mol. The van der Waals surface area contributed by atoms with E-state index < -0.39 is 10.8 Å². The molecule has 0 spiro atoms. The zero-order valence-corrected chi connectivity index (χ0v) is 32.7. The van der Waals surface area contributed by atoms with Crippen LogP contribution >= 0.6 is 0 Å². The zero-order valence-electron chi connectivity index (χ0n) is 32.7. The van der Waals surface area contributed by atoms with Crippen LogP contribution in [0.25, 0.3) is 83.4 Å². The summed E-state index contributed by atoms with van der Waals surface area (Å²) in [5.41, 5.74) is 12.4. The highest BCUT2D eigenvalue weighted by atomic mass is 16.3. The summed E-state index contributed by atoms with van der Waals surface area (Å²) in [5, 5.41) is 4.23. The van der Waals surface area contributed by atoms with Gasteiger partial charge in [0.2, 0.25) is 0 Å². The Morgan fingerprint density at radius 1 is 0.500 bits per heavy atom. The summed E-state index contributed by atoms with van der Waals surface area (Å²) in [6.07, 6.45) is 7.33. The second-order valence-corrected chi connectivity index (χ2v) is 16.7. The van der Waals surface area contributed by atoms with Gasteiger partial charge in [0.05, 0.1) is 5.56 Å². The molecule has 5 heteroatoms. The molecule has 0 radical (unpaired) electrons. The van der Waals surface area contributed by atoms with Crippen molar-refractivity contribution in [1.29, 1.82) is 0 Å². The minimum atomic E-state index is -0.511. The molecule has 6 aromatic carbocycles. The van der Waals surface area contributed by atoms with Gasteiger partial charge in [-0.15, -0.1) is 0 Å². The van der Waals surface area contributed by atoms with E-state index in [1.807, 2.05) is 24.3 Å². The van der Waals surface area contributed by atoms with E-state index in [1.165, 1.54) is 22.3 Å². The highest BCUT2D eigenvalue weighted by molar-refractivity contribution is 6.16. The molecule has 58 heavy (non-hydrogen) atoms. The molecule has 8 bridgehead atoms. The van der Waals surface area contributed by atoms with Gasteiger partial charge in [-0.3, -0.25) is 0 Å². The topological polar surface area (TPSA) is 65.0 Å². The Bertz CT molecular complexity index is 3300. The van der Waals surface area contributed by atoms with Gasteiger partial charge in [0.1, 0.15) is 22.3 Å². The smallest absolute Gasteiger partial charge is 0.167 e. The van der Waals surface area contributed by atoms with Gasteiger partial charge in [0, 0.05) is 60.6 Å². The van der Waals surface area contributed by atoms with Crippen LogP contribution in [0.2, 0.25) is 0 Å². The van der Waals surface area contributed by atoms with Crippen molar-refractivity contribution in [3.05, 3.63) is 180 Å². The first-order valence-electron chi connectivity index (χ1n) is 20.3. The number of furan rings is 2. The average molecular weight is 750 g/mol. The molecule has 0 amide bonds. The summed E-state index contributed by atoms with van der Waals surface area (Å²) < 4.78 is 13.9. The number of hydrogen-bond donors (Lipinski definition) is 0. The Labute approximate surface area is 336 Å². The van der Waals surface area contributed by atoms with Gasteiger partial charge in [-0.2, -0.15) is 0 Å². The summed E-state index contributed by atoms with van der Waals surface area (Å²) in [4.78, 5) is 16.0. The van der Waals surface area contributed by atoms with Gasteiger partial charge in [0.15, 0.2) is 17.5 Å². The summed E-state index contributed by atoms with van der Waals surface area (Å²) in [6, 6.07) is 47.1. The Hall–Kier alpha value is -6.85. The molecule has 0 fully saturated rings. The number of para-hydroxylation sites is 3. The van der Waals surface area contributed by atoms with Crippen molar-refractivity contribution in [1.82, 2.24) is 15.0 Å². The van der Waals surface area contributed by atoms with E-state index in [-0.39, 0.29) is 11.8 Å². The van der Waals surface area contributed by atoms with E-state index in [0.29, 0.717) is 17.5 Å². The molecule has 4 atom stereocenters. The number of benzene rings is 6. The van der Waals surface area contributed by atoms with Crippen LogP contribution in [-0.4, -0.2) is 15.0 Å². The predicted molar refractivity (Wildman–Crippen MR) is 234 cm³/mol. The molecule has 4 heterocycles. The van der Waals surface area contributed by atoms with Gasteiger partial charge in [-0.05, 0) is 66.3 Å². The molecule has 12 rings (SSSR count). The third-order valence-electron chi connectivity index (χ3n) is 13.4. The molecule has 278 valence electrons. The van der Waals surface area contributed by atoms with E-state index >= 15 is 0 Å². The summed E-state index contributed by atoms with van der Waals surface area (Å²) in [5.74, 6) is 2.04. The maximum atomic E-state index is 7.09. The van der Waals surface area contributed by atoms with Gasteiger partial charge in [-0.25, -0.2) is 15.0 Å². The van der Waals surface area contributed by atoms with Crippen LogP contribution in [0.4, 0.5) is 0 Å². The second-order valence-electron chi connectivity index (χ2n) is 16.7. The van der Waals surface area contributed by atoms with Crippen LogP contribution in [0.3, 0.4) is 0 Å². The van der Waals surface area contributed by atoms with Crippen LogP contribution in [0.15, 0.2) is 172 Å².